The minimum atomic E-state index is -1.50. The summed E-state index contributed by atoms with van der Waals surface area (Å²) >= 11 is 0. The van der Waals surface area contributed by atoms with Crippen molar-refractivity contribution in [2.75, 3.05) is 13.2 Å². The Morgan fingerprint density at radius 1 is 1.35 bits per heavy atom. The van der Waals surface area contributed by atoms with Crippen LogP contribution < -0.4 is 10.8 Å². The fourth-order valence-electron chi connectivity index (χ4n) is 1.72. The molecule has 0 aliphatic carbocycles. The summed E-state index contributed by atoms with van der Waals surface area (Å²) in [5.74, 6) is -0.167. The van der Waals surface area contributed by atoms with Crippen LogP contribution in [0.15, 0.2) is 24.3 Å². The van der Waals surface area contributed by atoms with Gasteiger partial charge in [0.15, 0.2) is 0 Å². The Balaban J connectivity index is 1.98. The van der Waals surface area contributed by atoms with Crippen LogP contribution >= 0.6 is 0 Å². The molecule has 0 radical (unpaired) electrons. The number of carbonyl (C=O) groups excluding carboxylic acids is 1. The lowest BCUT2D eigenvalue weighted by Gasteiger charge is -2.10. The van der Waals surface area contributed by atoms with Crippen molar-refractivity contribution in [1.29, 1.82) is 0 Å². The zero-order valence-electron chi connectivity index (χ0n) is 9.30. The summed E-state index contributed by atoms with van der Waals surface area (Å²) in [4.78, 5) is 11.8. The van der Waals surface area contributed by atoms with Crippen molar-refractivity contribution in [2.24, 2.45) is 0 Å². The summed E-state index contributed by atoms with van der Waals surface area (Å²) in [7, 11) is -1.50. The molecule has 1 aliphatic rings. The first-order valence-electron chi connectivity index (χ1n) is 5.51. The van der Waals surface area contributed by atoms with Crippen LogP contribution in [0, 0.1) is 0 Å². The Morgan fingerprint density at radius 2 is 2.06 bits per heavy atom. The molecule has 3 N–H and O–H groups in total. The molecule has 1 fully saturated rings. The molecule has 6 heteroatoms. The van der Waals surface area contributed by atoms with Gasteiger partial charge in [-0.25, -0.2) is 0 Å². The number of hydrogen-bond donors (Lipinski definition) is 3. The van der Waals surface area contributed by atoms with E-state index < -0.39 is 7.12 Å². The van der Waals surface area contributed by atoms with Crippen molar-refractivity contribution in [3.05, 3.63) is 29.8 Å². The van der Waals surface area contributed by atoms with Crippen molar-refractivity contribution >= 4 is 18.5 Å². The van der Waals surface area contributed by atoms with Gasteiger partial charge in [0, 0.05) is 12.2 Å². The lowest BCUT2D eigenvalue weighted by atomic mass is 9.80. The lowest BCUT2D eigenvalue weighted by molar-refractivity contribution is 0.0930. The molecule has 2 rings (SSSR count). The topological polar surface area (TPSA) is 78.8 Å². The molecule has 0 bridgehead atoms. The smallest absolute Gasteiger partial charge is 0.423 e. The second-order valence-electron chi connectivity index (χ2n) is 4.03. The number of ether oxygens (including phenoxy) is 1. The zero-order valence-corrected chi connectivity index (χ0v) is 9.30. The Bertz CT molecular complexity index is 387. The van der Waals surface area contributed by atoms with Crippen molar-refractivity contribution in [3.8, 4) is 0 Å². The quantitative estimate of drug-likeness (QED) is 0.580. The summed E-state index contributed by atoms with van der Waals surface area (Å²) in [6.07, 6.45) is 0.833. The van der Waals surface area contributed by atoms with Crippen LogP contribution in [-0.2, 0) is 4.74 Å². The molecule has 1 unspecified atom stereocenters. The number of rotatable bonds is 3. The highest BCUT2D eigenvalue weighted by Crippen LogP contribution is 2.05. The first-order valence-corrected chi connectivity index (χ1v) is 5.51. The van der Waals surface area contributed by atoms with Crippen molar-refractivity contribution in [3.63, 3.8) is 0 Å². The standard InChI is InChI=1S/C11H14BNO4/c14-11(13-10-5-6-17-7-10)8-1-3-9(4-2-8)12(15)16/h1-4,10,15-16H,5-7H2,(H,13,14). The molecule has 1 amide bonds. The van der Waals surface area contributed by atoms with E-state index in [1.807, 2.05) is 0 Å². The third kappa shape index (κ3) is 3.06. The maximum absolute atomic E-state index is 11.8. The van der Waals surface area contributed by atoms with Crippen molar-refractivity contribution in [2.45, 2.75) is 12.5 Å². The van der Waals surface area contributed by atoms with Crippen LogP contribution in [0.2, 0.25) is 0 Å². The van der Waals surface area contributed by atoms with Gasteiger partial charge in [0.1, 0.15) is 0 Å². The fraction of sp³-hybridized carbons (Fsp3) is 0.364. The molecule has 1 aliphatic heterocycles. The number of benzene rings is 1. The van der Waals surface area contributed by atoms with E-state index in [4.69, 9.17) is 14.8 Å². The van der Waals surface area contributed by atoms with Crippen LogP contribution in [0.5, 0.6) is 0 Å². The third-order valence-corrected chi connectivity index (χ3v) is 2.74. The minimum absolute atomic E-state index is 0.0746. The van der Waals surface area contributed by atoms with Gasteiger partial charge >= 0.3 is 7.12 Å². The van der Waals surface area contributed by atoms with Crippen LogP contribution in [0.25, 0.3) is 0 Å². The van der Waals surface area contributed by atoms with Crippen LogP contribution in [0.3, 0.4) is 0 Å². The molecule has 1 saturated heterocycles. The highest BCUT2D eigenvalue weighted by molar-refractivity contribution is 6.58. The monoisotopic (exact) mass is 235 g/mol. The molecular formula is C11H14BNO4. The number of carbonyl (C=O) groups is 1. The van der Waals surface area contributed by atoms with Gasteiger partial charge < -0.3 is 20.1 Å². The number of hydrogen-bond acceptors (Lipinski definition) is 4. The molecule has 1 aromatic rings. The van der Waals surface area contributed by atoms with E-state index >= 15 is 0 Å². The first-order chi connectivity index (χ1) is 8.16. The molecule has 0 aromatic heterocycles. The van der Waals surface area contributed by atoms with Gasteiger partial charge in [-0.15, -0.1) is 0 Å². The van der Waals surface area contributed by atoms with Gasteiger partial charge in [-0.3, -0.25) is 4.79 Å². The minimum Gasteiger partial charge on any atom is -0.423 e. The van der Waals surface area contributed by atoms with Crippen LogP contribution in [0.1, 0.15) is 16.8 Å². The molecule has 1 aromatic carbocycles. The molecule has 0 saturated carbocycles. The van der Waals surface area contributed by atoms with E-state index in [-0.39, 0.29) is 11.9 Å². The van der Waals surface area contributed by atoms with E-state index in [1.54, 1.807) is 12.1 Å². The van der Waals surface area contributed by atoms with E-state index in [0.717, 1.165) is 6.42 Å². The van der Waals surface area contributed by atoms with Gasteiger partial charge in [0.2, 0.25) is 0 Å². The van der Waals surface area contributed by atoms with Crippen molar-refractivity contribution < 1.29 is 19.6 Å². The molecule has 5 nitrogen and oxygen atoms in total. The van der Waals surface area contributed by atoms with E-state index in [9.17, 15) is 4.79 Å². The maximum atomic E-state index is 11.8. The predicted octanol–water partition coefficient (Wildman–Crippen LogP) is -1.11. The number of amides is 1. The molecular weight excluding hydrogens is 221 g/mol. The molecule has 1 heterocycles. The summed E-state index contributed by atoms with van der Waals surface area (Å²) in [6.45, 7) is 1.24. The van der Waals surface area contributed by atoms with E-state index in [2.05, 4.69) is 5.32 Å². The normalized spacial score (nSPS) is 19.1. The summed E-state index contributed by atoms with van der Waals surface area (Å²) < 4.78 is 5.16. The van der Waals surface area contributed by atoms with E-state index in [0.29, 0.717) is 24.2 Å². The Hall–Kier alpha value is -1.37. The highest BCUT2D eigenvalue weighted by Gasteiger charge is 2.19. The Morgan fingerprint density at radius 3 is 2.59 bits per heavy atom. The van der Waals surface area contributed by atoms with Crippen LogP contribution in [-0.4, -0.2) is 42.3 Å². The first kappa shape index (κ1) is 12.1. The molecule has 0 spiro atoms. The SMILES string of the molecule is O=C(NC1CCOC1)c1ccc(B(O)O)cc1. The maximum Gasteiger partial charge on any atom is 0.488 e. The molecule has 17 heavy (non-hydrogen) atoms. The van der Waals surface area contributed by atoms with Gasteiger partial charge in [-0.05, 0) is 24.0 Å². The summed E-state index contributed by atoms with van der Waals surface area (Å²) in [5, 5.41) is 20.7. The van der Waals surface area contributed by atoms with Gasteiger partial charge in [-0.1, -0.05) is 12.1 Å². The highest BCUT2D eigenvalue weighted by atomic mass is 16.5. The molecule has 1 atom stereocenters. The predicted molar refractivity (Wildman–Crippen MR) is 63.0 cm³/mol. The average molecular weight is 235 g/mol. The van der Waals surface area contributed by atoms with Gasteiger partial charge in [-0.2, -0.15) is 0 Å². The second kappa shape index (κ2) is 5.31. The lowest BCUT2D eigenvalue weighted by Crippen LogP contribution is -2.35. The van der Waals surface area contributed by atoms with Gasteiger partial charge in [0.25, 0.3) is 5.91 Å². The Labute approximate surface area is 99.6 Å². The van der Waals surface area contributed by atoms with Crippen molar-refractivity contribution in [1.82, 2.24) is 5.32 Å². The summed E-state index contributed by atoms with van der Waals surface area (Å²) in [6, 6.07) is 6.25. The summed E-state index contributed by atoms with van der Waals surface area (Å²) in [5.41, 5.74) is 0.868. The van der Waals surface area contributed by atoms with E-state index in [1.165, 1.54) is 12.1 Å². The third-order valence-electron chi connectivity index (χ3n) is 2.74. The number of nitrogens with one attached hydrogen (secondary N) is 1. The second-order valence-corrected chi connectivity index (χ2v) is 4.03. The fourth-order valence-corrected chi connectivity index (χ4v) is 1.72. The van der Waals surface area contributed by atoms with Crippen LogP contribution in [0.4, 0.5) is 0 Å². The molecule has 90 valence electrons. The van der Waals surface area contributed by atoms with Gasteiger partial charge in [0.05, 0.1) is 12.6 Å². The Kier molecular flexibility index (Phi) is 3.78. The largest absolute Gasteiger partial charge is 0.488 e. The average Bonchev–Trinajstić information content (AvgIpc) is 2.82. The zero-order chi connectivity index (χ0) is 12.3.